The highest BCUT2D eigenvalue weighted by Crippen LogP contribution is 2.28. The maximum Gasteiger partial charge on any atom is 0.260 e. The average molecular weight is 254 g/mol. The van der Waals surface area contributed by atoms with Crippen LogP contribution in [0.15, 0.2) is 42.7 Å². The zero-order valence-corrected chi connectivity index (χ0v) is 10.7. The van der Waals surface area contributed by atoms with Crippen LogP contribution in [0, 0.1) is 0 Å². The first-order valence-corrected chi connectivity index (χ1v) is 6.27. The third kappa shape index (κ3) is 2.05. The van der Waals surface area contributed by atoms with Crippen molar-refractivity contribution in [1.29, 1.82) is 0 Å². The number of amides is 1. The summed E-state index contributed by atoms with van der Waals surface area (Å²) in [6.45, 7) is 3.19. The van der Waals surface area contributed by atoms with Gasteiger partial charge in [-0.15, -0.1) is 0 Å². The Bertz CT molecular complexity index is 608. The maximum absolute atomic E-state index is 12.3. The molecule has 2 aromatic rings. The van der Waals surface area contributed by atoms with Crippen molar-refractivity contribution in [2.45, 2.75) is 13.5 Å². The minimum absolute atomic E-state index is 0.00672. The first-order chi connectivity index (χ1) is 9.29. The van der Waals surface area contributed by atoms with Crippen LogP contribution in [0.4, 0.5) is 5.69 Å². The van der Waals surface area contributed by atoms with Gasteiger partial charge in [0.15, 0.2) is 0 Å². The van der Waals surface area contributed by atoms with E-state index in [1.54, 1.807) is 17.3 Å². The molecule has 1 aromatic carbocycles. The molecule has 0 radical (unpaired) electrons. The number of anilines is 1. The Morgan fingerprint density at radius 3 is 2.74 bits per heavy atom. The molecule has 0 saturated carbocycles. The predicted molar refractivity (Wildman–Crippen MR) is 72.4 cm³/mol. The fourth-order valence-corrected chi connectivity index (χ4v) is 2.24. The summed E-state index contributed by atoms with van der Waals surface area (Å²) in [5.41, 5.74) is 2.59. The third-order valence-electron chi connectivity index (χ3n) is 3.17. The van der Waals surface area contributed by atoms with E-state index < -0.39 is 0 Å². The van der Waals surface area contributed by atoms with Crippen molar-refractivity contribution >= 4 is 11.6 Å². The highest BCUT2D eigenvalue weighted by Gasteiger charge is 2.28. The van der Waals surface area contributed by atoms with E-state index >= 15 is 0 Å². The van der Waals surface area contributed by atoms with Crippen molar-refractivity contribution in [3.8, 4) is 5.75 Å². The zero-order chi connectivity index (χ0) is 13.2. The molecule has 1 aliphatic rings. The molecular formula is C15H14N2O2. The number of carbonyl (C=O) groups excluding carboxylic acids is 1. The van der Waals surface area contributed by atoms with Gasteiger partial charge in [0.25, 0.3) is 5.91 Å². The molecule has 0 atom stereocenters. The molecule has 1 aromatic heterocycles. The van der Waals surface area contributed by atoms with E-state index in [1.807, 2.05) is 37.3 Å². The molecule has 4 nitrogen and oxygen atoms in total. The summed E-state index contributed by atoms with van der Waals surface area (Å²) in [6, 6.07) is 9.47. The van der Waals surface area contributed by atoms with Crippen LogP contribution in [0.5, 0.6) is 5.75 Å². The summed E-state index contributed by atoms with van der Waals surface area (Å²) in [6.07, 6.45) is 3.35. The Hall–Kier alpha value is -2.36. The van der Waals surface area contributed by atoms with Gasteiger partial charge in [0.05, 0.1) is 18.7 Å². The van der Waals surface area contributed by atoms with E-state index in [1.165, 1.54) is 0 Å². The minimum atomic E-state index is 0.00672. The molecule has 0 unspecified atom stereocenters. The summed E-state index contributed by atoms with van der Waals surface area (Å²) < 4.78 is 5.40. The van der Waals surface area contributed by atoms with Gasteiger partial charge in [0.1, 0.15) is 5.75 Å². The molecule has 0 fully saturated rings. The number of aromatic nitrogens is 1. The molecule has 0 N–H and O–H groups in total. The van der Waals surface area contributed by atoms with Gasteiger partial charge in [0, 0.05) is 18.1 Å². The van der Waals surface area contributed by atoms with E-state index in [2.05, 4.69) is 4.98 Å². The van der Waals surface area contributed by atoms with Crippen LogP contribution in [0.1, 0.15) is 22.8 Å². The lowest BCUT2D eigenvalue weighted by atomic mass is 10.2. The second kappa shape index (κ2) is 4.72. The normalized spacial score (nSPS) is 13.5. The second-order valence-electron chi connectivity index (χ2n) is 4.35. The number of hydrogen-bond donors (Lipinski definition) is 0. The molecular weight excluding hydrogens is 240 g/mol. The van der Waals surface area contributed by atoms with Crippen molar-refractivity contribution in [3.05, 3.63) is 53.9 Å². The highest BCUT2D eigenvalue weighted by atomic mass is 16.5. The van der Waals surface area contributed by atoms with Crippen LogP contribution in [-0.4, -0.2) is 17.5 Å². The Morgan fingerprint density at radius 1 is 1.26 bits per heavy atom. The molecule has 1 aliphatic heterocycles. The van der Waals surface area contributed by atoms with Crippen molar-refractivity contribution < 1.29 is 9.53 Å². The number of rotatable bonds is 3. The molecule has 19 heavy (non-hydrogen) atoms. The Kier molecular flexibility index (Phi) is 2.91. The van der Waals surface area contributed by atoms with Crippen molar-refractivity contribution in [2.75, 3.05) is 11.5 Å². The van der Waals surface area contributed by atoms with Crippen LogP contribution in [0.25, 0.3) is 0 Å². The molecule has 4 heteroatoms. The Balaban J connectivity index is 1.87. The zero-order valence-electron chi connectivity index (χ0n) is 10.7. The molecule has 2 heterocycles. The number of fused-ring (bicyclic) bond motifs is 1. The fraction of sp³-hybridized carbons (Fsp3) is 0.200. The van der Waals surface area contributed by atoms with Crippen LogP contribution in [0.2, 0.25) is 0 Å². The lowest BCUT2D eigenvalue weighted by Crippen LogP contribution is -2.22. The van der Waals surface area contributed by atoms with Crippen LogP contribution >= 0.6 is 0 Å². The van der Waals surface area contributed by atoms with Gasteiger partial charge >= 0.3 is 0 Å². The first kappa shape index (κ1) is 11.7. The van der Waals surface area contributed by atoms with Gasteiger partial charge in [-0.2, -0.15) is 0 Å². The number of nitrogens with zero attached hydrogens (tertiary/aromatic N) is 2. The van der Waals surface area contributed by atoms with E-state index in [4.69, 9.17) is 4.74 Å². The third-order valence-corrected chi connectivity index (χ3v) is 3.17. The lowest BCUT2D eigenvalue weighted by molar-refractivity contribution is 0.0996. The topological polar surface area (TPSA) is 42.4 Å². The van der Waals surface area contributed by atoms with Crippen LogP contribution in [-0.2, 0) is 6.54 Å². The first-order valence-electron chi connectivity index (χ1n) is 6.27. The summed E-state index contributed by atoms with van der Waals surface area (Å²) in [7, 11) is 0. The number of carbonyl (C=O) groups is 1. The molecule has 3 rings (SSSR count). The van der Waals surface area contributed by atoms with E-state index in [0.717, 1.165) is 17.0 Å². The van der Waals surface area contributed by atoms with Crippen molar-refractivity contribution in [3.63, 3.8) is 0 Å². The van der Waals surface area contributed by atoms with Crippen LogP contribution in [0.3, 0.4) is 0 Å². The fourth-order valence-electron chi connectivity index (χ4n) is 2.24. The molecule has 1 amide bonds. The summed E-state index contributed by atoms with van der Waals surface area (Å²) in [5, 5.41) is 0. The van der Waals surface area contributed by atoms with Gasteiger partial charge in [-0.25, -0.2) is 0 Å². The van der Waals surface area contributed by atoms with Crippen molar-refractivity contribution in [1.82, 2.24) is 4.98 Å². The van der Waals surface area contributed by atoms with Crippen LogP contribution < -0.4 is 9.64 Å². The Morgan fingerprint density at radius 2 is 2.05 bits per heavy atom. The molecule has 0 bridgehead atoms. The average Bonchev–Trinajstić information content (AvgIpc) is 2.78. The van der Waals surface area contributed by atoms with E-state index in [-0.39, 0.29) is 5.91 Å². The standard InChI is InChI=1S/C15H14N2O2/c1-2-19-13-5-3-12(4-6-13)17-10-11-7-8-16-9-14(11)15(17)18/h3-9H,2,10H2,1H3. The van der Waals surface area contributed by atoms with Gasteiger partial charge < -0.3 is 9.64 Å². The molecule has 0 aliphatic carbocycles. The predicted octanol–water partition coefficient (Wildman–Crippen LogP) is 2.64. The molecule has 0 spiro atoms. The van der Waals surface area contributed by atoms with Gasteiger partial charge in [0.2, 0.25) is 0 Å². The maximum atomic E-state index is 12.3. The molecule has 0 saturated heterocycles. The Labute approximate surface area is 111 Å². The second-order valence-corrected chi connectivity index (χ2v) is 4.35. The molecule has 96 valence electrons. The van der Waals surface area contributed by atoms with E-state index in [9.17, 15) is 4.79 Å². The summed E-state index contributed by atoms with van der Waals surface area (Å²) in [4.78, 5) is 18.0. The highest BCUT2D eigenvalue weighted by molar-refractivity contribution is 6.09. The largest absolute Gasteiger partial charge is 0.494 e. The number of hydrogen-bond acceptors (Lipinski definition) is 3. The number of ether oxygens (including phenoxy) is 1. The lowest BCUT2D eigenvalue weighted by Gasteiger charge is -2.16. The summed E-state index contributed by atoms with van der Waals surface area (Å²) in [5.74, 6) is 0.823. The smallest absolute Gasteiger partial charge is 0.260 e. The van der Waals surface area contributed by atoms with Gasteiger partial charge in [-0.3, -0.25) is 9.78 Å². The minimum Gasteiger partial charge on any atom is -0.494 e. The number of pyridine rings is 1. The quantitative estimate of drug-likeness (QED) is 0.845. The SMILES string of the molecule is CCOc1ccc(N2Cc3ccncc3C2=O)cc1. The number of benzene rings is 1. The van der Waals surface area contributed by atoms with Crippen molar-refractivity contribution in [2.24, 2.45) is 0 Å². The monoisotopic (exact) mass is 254 g/mol. The van der Waals surface area contributed by atoms with Gasteiger partial charge in [-0.05, 0) is 42.8 Å². The summed E-state index contributed by atoms with van der Waals surface area (Å²) >= 11 is 0. The van der Waals surface area contributed by atoms with E-state index in [0.29, 0.717) is 18.7 Å². The van der Waals surface area contributed by atoms with Gasteiger partial charge in [-0.1, -0.05) is 0 Å².